The molecule has 126 valence electrons. The molecule has 2 N–H and O–H groups in total. The molecule has 4 rings (SSSR count). The average molecular weight is 334 g/mol. The lowest BCUT2D eigenvalue weighted by Crippen LogP contribution is -2.27. The number of aliphatic hydroxyl groups is 2. The van der Waals surface area contributed by atoms with Crippen LogP contribution in [0.1, 0.15) is 22.0 Å². The molecule has 0 saturated carbocycles. The largest absolute Gasteiger partial charge is 0.387 e. The average Bonchev–Trinajstić information content (AvgIpc) is 3.47. The van der Waals surface area contributed by atoms with Gasteiger partial charge in [-0.1, -0.05) is 66.7 Å². The minimum absolute atomic E-state index is 0.171. The van der Waals surface area contributed by atoms with Gasteiger partial charge in [0.2, 0.25) is 0 Å². The third-order valence-corrected chi connectivity index (χ3v) is 4.62. The van der Waals surface area contributed by atoms with Crippen molar-refractivity contribution in [3.8, 4) is 0 Å². The Morgan fingerprint density at radius 3 is 2.32 bits per heavy atom. The summed E-state index contributed by atoms with van der Waals surface area (Å²) in [5, 5.41) is 22.6. The van der Waals surface area contributed by atoms with Crippen LogP contribution in [0.5, 0.6) is 0 Å². The van der Waals surface area contributed by atoms with Crippen LogP contribution < -0.4 is 0 Å². The van der Waals surface area contributed by atoms with Gasteiger partial charge in [-0.05, 0) is 22.4 Å². The highest BCUT2D eigenvalue weighted by Crippen LogP contribution is 2.34. The lowest BCUT2D eigenvalue weighted by Gasteiger charge is -2.16. The third-order valence-electron chi connectivity index (χ3n) is 4.62. The summed E-state index contributed by atoms with van der Waals surface area (Å²) in [6, 6.07) is 22.2. The van der Waals surface area contributed by atoms with E-state index in [1.807, 2.05) is 42.5 Å². The molecule has 4 nitrogen and oxygen atoms in total. The molecule has 3 aromatic rings. The number of hydrogen-bond donors (Lipinski definition) is 2. The van der Waals surface area contributed by atoms with Crippen LogP contribution in [0.4, 0.5) is 0 Å². The molecule has 1 aliphatic rings. The van der Waals surface area contributed by atoms with Crippen molar-refractivity contribution in [1.82, 2.24) is 0 Å². The van der Waals surface area contributed by atoms with Gasteiger partial charge in [0.05, 0.1) is 0 Å². The number of ether oxygens (including phenoxy) is 1. The van der Waals surface area contributed by atoms with Gasteiger partial charge in [0.25, 0.3) is 0 Å². The molecule has 3 aromatic carbocycles. The van der Waals surface area contributed by atoms with E-state index in [4.69, 9.17) is 4.74 Å². The van der Waals surface area contributed by atoms with Gasteiger partial charge in [0.1, 0.15) is 24.4 Å². The second-order valence-corrected chi connectivity index (χ2v) is 6.29. The van der Waals surface area contributed by atoms with Gasteiger partial charge in [0.15, 0.2) is 5.78 Å². The fourth-order valence-corrected chi connectivity index (χ4v) is 3.13. The van der Waals surface area contributed by atoms with Crippen molar-refractivity contribution in [2.24, 2.45) is 0 Å². The first-order valence-electron chi connectivity index (χ1n) is 8.25. The predicted octanol–water partition coefficient (Wildman–Crippen LogP) is 2.88. The molecule has 1 saturated heterocycles. The Bertz CT molecular complexity index is 906. The SMILES string of the molecule is O=C(c1ccc2ccccc2c1)[C@H]1O[C@@H]1[C@@H](O)[C@H](O)c1ccccc1. The highest BCUT2D eigenvalue weighted by molar-refractivity contribution is 6.04. The Kier molecular flexibility index (Phi) is 4.09. The van der Waals surface area contributed by atoms with Crippen LogP contribution in [-0.2, 0) is 4.74 Å². The number of rotatable bonds is 5. The predicted molar refractivity (Wildman–Crippen MR) is 94.3 cm³/mol. The number of hydrogen-bond acceptors (Lipinski definition) is 4. The van der Waals surface area contributed by atoms with Crippen molar-refractivity contribution in [3.05, 3.63) is 83.9 Å². The third kappa shape index (κ3) is 3.07. The van der Waals surface area contributed by atoms with E-state index in [0.29, 0.717) is 11.1 Å². The molecule has 0 spiro atoms. The van der Waals surface area contributed by atoms with Crippen molar-refractivity contribution < 1.29 is 19.7 Å². The molecule has 4 heteroatoms. The summed E-state index contributed by atoms with van der Waals surface area (Å²) >= 11 is 0. The van der Waals surface area contributed by atoms with Crippen molar-refractivity contribution >= 4 is 16.6 Å². The molecule has 1 aliphatic heterocycles. The summed E-state index contributed by atoms with van der Waals surface area (Å²) in [5.41, 5.74) is 1.15. The van der Waals surface area contributed by atoms with Crippen LogP contribution >= 0.6 is 0 Å². The van der Waals surface area contributed by atoms with E-state index in [2.05, 4.69) is 0 Å². The molecule has 0 aromatic heterocycles. The zero-order valence-electron chi connectivity index (χ0n) is 13.4. The van der Waals surface area contributed by atoms with Gasteiger partial charge >= 0.3 is 0 Å². The fourth-order valence-electron chi connectivity index (χ4n) is 3.13. The van der Waals surface area contributed by atoms with E-state index in [1.165, 1.54) is 0 Å². The van der Waals surface area contributed by atoms with Gasteiger partial charge in [0, 0.05) is 5.56 Å². The number of Topliss-reactive ketones (excluding diaryl/α,β-unsaturated/α-hetero) is 1. The summed E-state index contributed by atoms with van der Waals surface area (Å²) < 4.78 is 5.39. The second kappa shape index (κ2) is 6.41. The highest BCUT2D eigenvalue weighted by Gasteiger charge is 2.51. The van der Waals surface area contributed by atoms with Gasteiger partial charge in [-0.2, -0.15) is 0 Å². The summed E-state index contributed by atoms with van der Waals surface area (Å²) in [6.45, 7) is 0. The Balaban J connectivity index is 1.49. The summed E-state index contributed by atoms with van der Waals surface area (Å²) in [6.07, 6.45) is -3.62. The van der Waals surface area contributed by atoms with E-state index in [9.17, 15) is 15.0 Å². The first-order chi connectivity index (χ1) is 12.1. The Labute approximate surface area is 145 Å². The maximum atomic E-state index is 12.6. The molecule has 1 fully saturated rings. The normalized spacial score (nSPS) is 21.7. The van der Waals surface area contributed by atoms with Crippen molar-refractivity contribution in [2.75, 3.05) is 0 Å². The summed E-state index contributed by atoms with van der Waals surface area (Å²) in [5.74, 6) is -0.171. The van der Waals surface area contributed by atoms with Crippen LogP contribution in [0.2, 0.25) is 0 Å². The molecule has 0 radical (unpaired) electrons. The first kappa shape index (κ1) is 16.0. The zero-order chi connectivity index (χ0) is 17.4. The Morgan fingerprint density at radius 1 is 0.880 bits per heavy atom. The van der Waals surface area contributed by atoms with Crippen molar-refractivity contribution in [3.63, 3.8) is 0 Å². The minimum atomic E-state index is -1.14. The fraction of sp³-hybridized carbons (Fsp3) is 0.190. The molecule has 0 amide bonds. The molecule has 25 heavy (non-hydrogen) atoms. The van der Waals surface area contributed by atoms with Crippen LogP contribution in [0.3, 0.4) is 0 Å². The molecule has 0 aliphatic carbocycles. The van der Waals surface area contributed by atoms with E-state index in [0.717, 1.165) is 10.8 Å². The van der Waals surface area contributed by atoms with Crippen LogP contribution in [-0.4, -0.2) is 34.3 Å². The lowest BCUT2D eigenvalue weighted by molar-refractivity contribution is 0.00157. The number of carbonyl (C=O) groups excluding carboxylic acids is 1. The quantitative estimate of drug-likeness (QED) is 0.556. The van der Waals surface area contributed by atoms with Crippen LogP contribution in [0.15, 0.2) is 72.8 Å². The van der Waals surface area contributed by atoms with Crippen LogP contribution in [0, 0.1) is 0 Å². The topological polar surface area (TPSA) is 70.1 Å². The molecular weight excluding hydrogens is 316 g/mol. The first-order valence-corrected chi connectivity index (χ1v) is 8.25. The summed E-state index contributed by atoms with van der Waals surface area (Å²) in [7, 11) is 0. The van der Waals surface area contributed by atoms with Crippen LogP contribution in [0.25, 0.3) is 10.8 Å². The number of aliphatic hydroxyl groups excluding tert-OH is 2. The molecular formula is C21H18O4. The number of benzene rings is 3. The van der Waals surface area contributed by atoms with E-state index in [-0.39, 0.29) is 5.78 Å². The smallest absolute Gasteiger partial charge is 0.194 e. The number of fused-ring (bicyclic) bond motifs is 1. The van der Waals surface area contributed by atoms with E-state index < -0.39 is 24.4 Å². The van der Waals surface area contributed by atoms with Crippen molar-refractivity contribution in [1.29, 1.82) is 0 Å². The van der Waals surface area contributed by atoms with Gasteiger partial charge in [-0.3, -0.25) is 4.79 Å². The van der Waals surface area contributed by atoms with Gasteiger partial charge in [-0.15, -0.1) is 0 Å². The number of ketones is 1. The number of epoxide rings is 1. The Hall–Kier alpha value is -2.53. The zero-order valence-corrected chi connectivity index (χ0v) is 13.4. The number of carbonyl (C=O) groups is 1. The minimum Gasteiger partial charge on any atom is -0.387 e. The maximum absolute atomic E-state index is 12.6. The highest BCUT2D eigenvalue weighted by atomic mass is 16.6. The monoisotopic (exact) mass is 334 g/mol. The standard InChI is InChI=1S/C21H18O4/c22-17(14-7-2-1-3-8-14)19(24)21-20(25-21)18(23)16-11-10-13-6-4-5-9-15(13)12-16/h1-12,17,19-22,24H/t17-,19+,20-,21-/m1/s1. The molecule has 0 unspecified atom stereocenters. The summed E-state index contributed by atoms with van der Waals surface area (Å²) in [4.78, 5) is 12.6. The lowest BCUT2D eigenvalue weighted by atomic mass is 9.97. The van der Waals surface area contributed by atoms with Gasteiger partial charge < -0.3 is 14.9 Å². The molecule has 4 atom stereocenters. The maximum Gasteiger partial charge on any atom is 0.194 e. The Morgan fingerprint density at radius 2 is 1.56 bits per heavy atom. The van der Waals surface area contributed by atoms with Crippen molar-refractivity contribution in [2.45, 2.75) is 24.4 Å². The second-order valence-electron chi connectivity index (χ2n) is 6.29. The molecule has 0 bridgehead atoms. The van der Waals surface area contributed by atoms with Gasteiger partial charge in [-0.25, -0.2) is 0 Å². The van der Waals surface area contributed by atoms with E-state index in [1.54, 1.807) is 30.3 Å². The molecule has 1 heterocycles. The van der Waals surface area contributed by atoms with E-state index >= 15 is 0 Å².